The molecule has 6 nitrogen and oxygen atoms in total. The van der Waals surface area contributed by atoms with Crippen molar-refractivity contribution in [1.82, 2.24) is 0 Å². The minimum Gasteiger partial charge on any atom is -0.486 e. The third kappa shape index (κ3) is 12.7. The molecule has 0 atom stereocenters. The van der Waals surface area contributed by atoms with E-state index in [4.69, 9.17) is 28.4 Å². The number of hydrogen-bond donors (Lipinski definition) is 0. The van der Waals surface area contributed by atoms with E-state index >= 15 is 0 Å². The van der Waals surface area contributed by atoms with Crippen molar-refractivity contribution in [3.8, 4) is 11.5 Å². The molecule has 0 saturated heterocycles. The zero-order valence-corrected chi connectivity index (χ0v) is 26.0. The van der Waals surface area contributed by atoms with Gasteiger partial charge in [0.1, 0.15) is 13.2 Å². The molecule has 0 bridgehead atoms. The second-order valence-corrected chi connectivity index (χ2v) is 11.8. The van der Waals surface area contributed by atoms with E-state index in [0.717, 1.165) is 63.2 Å². The predicted octanol–water partition coefficient (Wildman–Crippen LogP) is 7.55. The molecule has 1 aromatic heterocycles. The zero-order chi connectivity index (χ0) is 27.6. The smallest absolute Gasteiger partial charge is 0.176 e. The molecule has 0 aromatic carbocycles. The van der Waals surface area contributed by atoms with Gasteiger partial charge in [-0.25, -0.2) is 0 Å². The molecule has 0 fully saturated rings. The summed E-state index contributed by atoms with van der Waals surface area (Å²) >= 11 is 1.84. The summed E-state index contributed by atoms with van der Waals surface area (Å²) in [6.45, 7) is 23.9. The van der Waals surface area contributed by atoms with E-state index in [1.807, 2.05) is 11.3 Å². The van der Waals surface area contributed by atoms with Crippen molar-refractivity contribution in [3.05, 3.63) is 9.75 Å². The number of hydrogen-bond acceptors (Lipinski definition) is 7. The Morgan fingerprint density at radius 2 is 0.892 bits per heavy atom. The summed E-state index contributed by atoms with van der Waals surface area (Å²) in [7, 11) is 0. The van der Waals surface area contributed by atoms with Crippen molar-refractivity contribution in [3.63, 3.8) is 0 Å². The van der Waals surface area contributed by atoms with Crippen molar-refractivity contribution in [1.29, 1.82) is 0 Å². The van der Waals surface area contributed by atoms with Gasteiger partial charge in [0.15, 0.2) is 11.5 Å². The highest BCUT2D eigenvalue weighted by atomic mass is 32.1. The molecule has 7 heteroatoms. The van der Waals surface area contributed by atoms with E-state index in [2.05, 4.69) is 55.4 Å². The van der Waals surface area contributed by atoms with Crippen molar-refractivity contribution in [2.75, 3.05) is 66.1 Å². The Morgan fingerprint density at radius 3 is 1.27 bits per heavy atom. The first-order chi connectivity index (χ1) is 17.7. The lowest BCUT2D eigenvalue weighted by Crippen LogP contribution is -2.20. The summed E-state index contributed by atoms with van der Waals surface area (Å²) in [4.78, 5) is 2.49. The summed E-state index contributed by atoms with van der Waals surface area (Å²) in [6, 6.07) is 0. The van der Waals surface area contributed by atoms with Crippen LogP contribution in [0.4, 0.5) is 0 Å². The van der Waals surface area contributed by atoms with E-state index in [1.165, 1.54) is 9.75 Å². The molecule has 1 aromatic rings. The Morgan fingerprint density at radius 1 is 0.514 bits per heavy atom. The number of ether oxygens (including phenoxy) is 6. The first kappa shape index (κ1) is 34.2. The van der Waals surface area contributed by atoms with Crippen LogP contribution >= 0.6 is 11.3 Å². The average molecular weight is 545 g/mol. The van der Waals surface area contributed by atoms with Gasteiger partial charge in [0.05, 0.1) is 49.4 Å². The average Bonchev–Trinajstić information content (AvgIpc) is 3.25. The molecule has 0 radical (unpaired) electrons. The lowest BCUT2D eigenvalue weighted by atomic mass is 9.82. The van der Waals surface area contributed by atoms with Gasteiger partial charge in [0, 0.05) is 24.0 Å². The molecule has 0 spiro atoms. The maximum atomic E-state index is 6.43. The van der Waals surface area contributed by atoms with Crippen LogP contribution < -0.4 is 9.47 Å². The van der Waals surface area contributed by atoms with Crippen LogP contribution in [-0.2, 0) is 29.8 Å². The molecule has 0 N–H and O–H groups in total. The van der Waals surface area contributed by atoms with Gasteiger partial charge in [-0.15, -0.1) is 11.3 Å². The lowest BCUT2D eigenvalue weighted by Gasteiger charge is -2.27. The van der Waals surface area contributed by atoms with Gasteiger partial charge in [0.25, 0.3) is 0 Å². The highest BCUT2D eigenvalue weighted by Gasteiger charge is 2.36. The molecule has 0 unspecified atom stereocenters. The van der Waals surface area contributed by atoms with E-state index in [-0.39, 0.29) is 10.8 Å². The van der Waals surface area contributed by atoms with Crippen LogP contribution in [-0.4, -0.2) is 66.1 Å². The van der Waals surface area contributed by atoms with Crippen LogP contribution in [0.2, 0.25) is 0 Å². The van der Waals surface area contributed by atoms with E-state index in [0.29, 0.717) is 52.9 Å². The quantitative estimate of drug-likeness (QED) is 0.133. The Bertz CT molecular complexity index is 693. The van der Waals surface area contributed by atoms with Gasteiger partial charge in [-0.05, 0) is 25.7 Å². The first-order valence-corrected chi connectivity index (χ1v) is 15.3. The normalized spacial score (nSPS) is 12.3. The SMILES string of the molecule is CCCCOCCOCCOc1c(C(C)(C)C)sc(C(C)(CC)CC)c1OCCOCCOCCCC. The molecule has 0 aliphatic rings. The molecule has 1 rings (SSSR count). The van der Waals surface area contributed by atoms with E-state index < -0.39 is 0 Å². The van der Waals surface area contributed by atoms with Crippen LogP contribution in [0.25, 0.3) is 0 Å². The van der Waals surface area contributed by atoms with Gasteiger partial charge in [-0.3, -0.25) is 0 Å². The number of unbranched alkanes of at least 4 members (excludes halogenated alkanes) is 2. The van der Waals surface area contributed by atoms with Gasteiger partial charge in [-0.1, -0.05) is 68.2 Å². The molecule has 37 heavy (non-hydrogen) atoms. The van der Waals surface area contributed by atoms with Crippen LogP contribution in [0.5, 0.6) is 11.5 Å². The van der Waals surface area contributed by atoms with Crippen LogP contribution in [0.3, 0.4) is 0 Å². The molecule has 218 valence electrons. The summed E-state index contributed by atoms with van der Waals surface area (Å²) < 4.78 is 35.5. The minimum atomic E-state index is -0.0565. The molecular formula is C30H56O6S. The molecule has 0 saturated carbocycles. The fourth-order valence-corrected chi connectivity index (χ4v) is 5.20. The molecular weight excluding hydrogens is 488 g/mol. The maximum absolute atomic E-state index is 6.43. The second-order valence-electron chi connectivity index (χ2n) is 10.8. The van der Waals surface area contributed by atoms with Crippen LogP contribution in [0.1, 0.15) is 104 Å². The molecule has 0 aliphatic heterocycles. The third-order valence-corrected chi connectivity index (χ3v) is 8.47. The first-order valence-electron chi connectivity index (χ1n) is 14.5. The van der Waals surface area contributed by atoms with Gasteiger partial charge >= 0.3 is 0 Å². The lowest BCUT2D eigenvalue weighted by molar-refractivity contribution is 0.0321. The van der Waals surface area contributed by atoms with E-state index in [9.17, 15) is 0 Å². The van der Waals surface area contributed by atoms with Crippen LogP contribution in [0.15, 0.2) is 0 Å². The fraction of sp³-hybridized carbons (Fsp3) is 0.867. The van der Waals surface area contributed by atoms with Crippen molar-refractivity contribution in [2.24, 2.45) is 0 Å². The molecule has 0 amide bonds. The predicted molar refractivity (Wildman–Crippen MR) is 155 cm³/mol. The van der Waals surface area contributed by atoms with Crippen molar-refractivity contribution >= 4 is 11.3 Å². The summed E-state index contributed by atoms with van der Waals surface area (Å²) in [5.41, 5.74) is -0.0268. The molecule has 0 aliphatic carbocycles. The Balaban J connectivity index is 2.84. The third-order valence-electron chi connectivity index (χ3n) is 6.59. The zero-order valence-electron chi connectivity index (χ0n) is 25.2. The second kappa shape index (κ2) is 19.2. The Hall–Kier alpha value is -0.860. The maximum Gasteiger partial charge on any atom is 0.176 e. The van der Waals surface area contributed by atoms with Crippen molar-refractivity contribution < 1.29 is 28.4 Å². The molecule has 1 heterocycles. The number of thiophene rings is 1. The Kier molecular flexibility index (Phi) is 17.8. The minimum absolute atomic E-state index is 0.0297. The summed E-state index contributed by atoms with van der Waals surface area (Å²) in [6.07, 6.45) is 6.55. The standard InChI is InChI=1S/C30H56O6S/c1-9-13-15-31-17-19-33-21-23-35-25-26(36-24-22-34-20-18-32-16-14-10-2)28(30(8,11-3)12-4)37-27(25)29(5,6)7/h9-24H2,1-8H3. The largest absolute Gasteiger partial charge is 0.486 e. The summed E-state index contributed by atoms with van der Waals surface area (Å²) in [5, 5.41) is 0. The van der Waals surface area contributed by atoms with Gasteiger partial charge in [-0.2, -0.15) is 0 Å². The summed E-state index contributed by atoms with van der Waals surface area (Å²) in [5.74, 6) is 1.75. The highest BCUT2D eigenvalue weighted by Crippen LogP contribution is 2.53. The van der Waals surface area contributed by atoms with Crippen LogP contribution in [0, 0.1) is 0 Å². The van der Waals surface area contributed by atoms with Crippen molar-refractivity contribution in [2.45, 2.75) is 105 Å². The van der Waals surface area contributed by atoms with Gasteiger partial charge in [0.2, 0.25) is 0 Å². The Labute approximate surface area is 231 Å². The monoisotopic (exact) mass is 544 g/mol. The fourth-order valence-electron chi connectivity index (χ4n) is 3.67. The van der Waals surface area contributed by atoms with E-state index in [1.54, 1.807) is 0 Å². The van der Waals surface area contributed by atoms with Gasteiger partial charge < -0.3 is 28.4 Å². The topological polar surface area (TPSA) is 55.4 Å². The number of rotatable bonds is 23. The highest BCUT2D eigenvalue weighted by molar-refractivity contribution is 7.13.